The molecule has 1 atom stereocenters. The normalized spacial score (nSPS) is 12.2. The Morgan fingerprint density at radius 3 is 2.85 bits per heavy atom. The molecule has 3 nitrogen and oxygen atoms in total. The monoisotopic (exact) mass is 294 g/mol. The number of anilines is 2. The van der Waals surface area contributed by atoms with Gasteiger partial charge >= 0.3 is 0 Å². The molecule has 1 unspecified atom stereocenters. The average Bonchev–Trinajstić information content (AvgIpc) is 2.41. The lowest BCUT2D eigenvalue weighted by Crippen LogP contribution is -2.12. The highest BCUT2D eigenvalue weighted by Gasteiger charge is 2.05. The molecule has 0 fully saturated rings. The van der Waals surface area contributed by atoms with Crippen LogP contribution < -0.4 is 11.1 Å². The Labute approximate surface area is 126 Å². The number of rotatable bonds is 8. The third kappa shape index (κ3) is 6.33. The van der Waals surface area contributed by atoms with E-state index in [1.54, 1.807) is 0 Å². The van der Waals surface area contributed by atoms with Crippen LogP contribution >= 0.6 is 11.8 Å². The Kier molecular flexibility index (Phi) is 7.52. The standard InChI is InChI=1S/C16H26N2OS/c1-4-12(2)11-20-9-5-6-16(19)18-15-8-7-14(17)10-13(15)3/h7-8,10,12H,4-6,9,11,17H2,1-3H3,(H,18,19). The second-order valence-electron chi connectivity index (χ2n) is 5.31. The molecule has 4 heteroatoms. The van der Waals surface area contributed by atoms with E-state index in [0.717, 1.165) is 35.0 Å². The van der Waals surface area contributed by atoms with Crippen molar-refractivity contribution in [1.82, 2.24) is 0 Å². The molecule has 0 aliphatic carbocycles. The summed E-state index contributed by atoms with van der Waals surface area (Å²) in [4.78, 5) is 11.9. The van der Waals surface area contributed by atoms with Crippen LogP contribution in [0.25, 0.3) is 0 Å². The van der Waals surface area contributed by atoms with Gasteiger partial charge < -0.3 is 11.1 Å². The molecule has 0 saturated heterocycles. The first-order valence-corrected chi connectivity index (χ1v) is 8.42. The summed E-state index contributed by atoms with van der Waals surface area (Å²) in [5.41, 5.74) is 8.28. The van der Waals surface area contributed by atoms with Crippen molar-refractivity contribution in [2.24, 2.45) is 5.92 Å². The van der Waals surface area contributed by atoms with Crippen molar-refractivity contribution < 1.29 is 4.79 Å². The lowest BCUT2D eigenvalue weighted by molar-refractivity contribution is -0.116. The minimum absolute atomic E-state index is 0.0852. The van der Waals surface area contributed by atoms with Gasteiger partial charge in [0, 0.05) is 17.8 Å². The molecule has 112 valence electrons. The van der Waals surface area contributed by atoms with E-state index in [-0.39, 0.29) is 5.91 Å². The maximum absolute atomic E-state index is 11.9. The zero-order valence-electron chi connectivity index (χ0n) is 12.7. The Hall–Kier alpha value is -1.16. The van der Waals surface area contributed by atoms with Gasteiger partial charge in [0.15, 0.2) is 0 Å². The van der Waals surface area contributed by atoms with Crippen LogP contribution in [-0.4, -0.2) is 17.4 Å². The zero-order valence-corrected chi connectivity index (χ0v) is 13.6. The third-order valence-electron chi connectivity index (χ3n) is 3.32. The first kappa shape index (κ1) is 16.9. The number of hydrogen-bond acceptors (Lipinski definition) is 3. The van der Waals surface area contributed by atoms with Crippen molar-refractivity contribution in [3.63, 3.8) is 0 Å². The summed E-state index contributed by atoms with van der Waals surface area (Å²) in [6.45, 7) is 6.44. The fourth-order valence-electron chi connectivity index (χ4n) is 1.78. The molecule has 0 saturated carbocycles. The van der Waals surface area contributed by atoms with E-state index in [1.165, 1.54) is 12.2 Å². The quantitative estimate of drug-likeness (QED) is 0.561. The zero-order chi connectivity index (χ0) is 15.0. The lowest BCUT2D eigenvalue weighted by atomic mass is 10.1. The number of nitrogens with one attached hydrogen (secondary N) is 1. The van der Waals surface area contributed by atoms with E-state index in [2.05, 4.69) is 19.2 Å². The van der Waals surface area contributed by atoms with Crippen LogP contribution in [0.15, 0.2) is 18.2 Å². The minimum Gasteiger partial charge on any atom is -0.399 e. The minimum atomic E-state index is 0.0852. The molecular formula is C16H26N2OS. The van der Waals surface area contributed by atoms with Gasteiger partial charge in [-0.05, 0) is 54.5 Å². The Balaban J connectivity index is 2.23. The van der Waals surface area contributed by atoms with E-state index in [1.807, 2.05) is 36.9 Å². The number of aryl methyl sites for hydroxylation is 1. The van der Waals surface area contributed by atoms with Gasteiger partial charge in [-0.2, -0.15) is 11.8 Å². The highest BCUT2D eigenvalue weighted by atomic mass is 32.2. The predicted octanol–water partition coefficient (Wildman–Crippen LogP) is 4.08. The number of carbonyl (C=O) groups excluding carboxylic acids is 1. The topological polar surface area (TPSA) is 55.1 Å². The molecule has 1 aromatic carbocycles. The van der Waals surface area contributed by atoms with Crippen molar-refractivity contribution in [1.29, 1.82) is 0 Å². The molecule has 0 bridgehead atoms. The van der Waals surface area contributed by atoms with Crippen LogP contribution in [0.3, 0.4) is 0 Å². The molecule has 1 amide bonds. The van der Waals surface area contributed by atoms with Gasteiger partial charge in [-0.3, -0.25) is 4.79 Å². The van der Waals surface area contributed by atoms with Crippen molar-refractivity contribution in [2.75, 3.05) is 22.6 Å². The van der Waals surface area contributed by atoms with Crippen molar-refractivity contribution >= 4 is 29.0 Å². The molecule has 1 aromatic rings. The largest absolute Gasteiger partial charge is 0.399 e. The summed E-state index contributed by atoms with van der Waals surface area (Å²) in [6, 6.07) is 5.54. The first-order chi connectivity index (χ1) is 9.52. The second-order valence-corrected chi connectivity index (χ2v) is 6.46. The van der Waals surface area contributed by atoms with Crippen molar-refractivity contribution in [3.8, 4) is 0 Å². The van der Waals surface area contributed by atoms with Gasteiger partial charge in [0.1, 0.15) is 0 Å². The maximum Gasteiger partial charge on any atom is 0.224 e. The number of thioether (sulfide) groups is 1. The summed E-state index contributed by atoms with van der Waals surface area (Å²) in [5.74, 6) is 3.10. The number of nitrogen functional groups attached to an aromatic ring is 1. The lowest BCUT2D eigenvalue weighted by Gasteiger charge is -2.10. The van der Waals surface area contributed by atoms with E-state index in [4.69, 9.17) is 5.73 Å². The Bertz CT molecular complexity index is 434. The summed E-state index contributed by atoms with van der Waals surface area (Å²) in [6.07, 6.45) is 2.74. The second kappa shape index (κ2) is 8.90. The molecule has 0 heterocycles. The maximum atomic E-state index is 11.9. The Morgan fingerprint density at radius 2 is 2.20 bits per heavy atom. The molecule has 0 spiro atoms. The number of nitrogens with two attached hydrogens (primary N) is 1. The van der Waals surface area contributed by atoms with Gasteiger partial charge in [-0.25, -0.2) is 0 Å². The summed E-state index contributed by atoms with van der Waals surface area (Å²) < 4.78 is 0. The van der Waals surface area contributed by atoms with Gasteiger partial charge in [-0.1, -0.05) is 20.3 Å². The smallest absolute Gasteiger partial charge is 0.224 e. The van der Waals surface area contributed by atoms with Crippen LogP contribution in [0.4, 0.5) is 11.4 Å². The van der Waals surface area contributed by atoms with Crippen LogP contribution in [0.1, 0.15) is 38.7 Å². The first-order valence-electron chi connectivity index (χ1n) is 7.26. The predicted molar refractivity (Wildman–Crippen MR) is 90.2 cm³/mol. The highest BCUT2D eigenvalue weighted by molar-refractivity contribution is 7.99. The molecule has 0 aliphatic heterocycles. The fraction of sp³-hybridized carbons (Fsp3) is 0.562. The van der Waals surface area contributed by atoms with Crippen LogP contribution in [0, 0.1) is 12.8 Å². The van der Waals surface area contributed by atoms with Crippen LogP contribution in [0.2, 0.25) is 0 Å². The molecule has 1 rings (SSSR count). The fourth-order valence-corrected chi connectivity index (χ4v) is 2.93. The summed E-state index contributed by atoms with van der Waals surface area (Å²) >= 11 is 1.94. The average molecular weight is 294 g/mol. The van der Waals surface area contributed by atoms with Gasteiger partial charge in [0.05, 0.1) is 0 Å². The number of amides is 1. The highest BCUT2D eigenvalue weighted by Crippen LogP contribution is 2.18. The van der Waals surface area contributed by atoms with Crippen LogP contribution in [-0.2, 0) is 4.79 Å². The van der Waals surface area contributed by atoms with Gasteiger partial charge in [0.2, 0.25) is 5.91 Å². The van der Waals surface area contributed by atoms with E-state index in [0.29, 0.717) is 6.42 Å². The molecule has 0 radical (unpaired) electrons. The van der Waals surface area contributed by atoms with Crippen molar-refractivity contribution in [3.05, 3.63) is 23.8 Å². The molecular weight excluding hydrogens is 268 g/mol. The molecule has 3 N–H and O–H groups in total. The number of benzene rings is 1. The van der Waals surface area contributed by atoms with E-state index in [9.17, 15) is 4.79 Å². The van der Waals surface area contributed by atoms with Gasteiger partial charge in [0.25, 0.3) is 0 Å². The number of carbonyl (C=O) groups is 1. The SMILES string of the molecule is CCC(C)CSCCCC(=O)Nc1ccc(N)cc1C. The third-order valence-corrected chi connectivity index (χ3v) is 4.70. The number of hydrogen-bond donors (Lipinski definition) is 2. The van der Waals surface area contributed by atoms with E-state index >= 15 is 0 Å². The molecule has 0 aromatic heterocycles. The molecule has 0 aliphatic rings. The molecule has 20 heavy (non-hydrogen) atoms. The van der Waals surface area contributed by atoms with Gasteiger partial charge in [-0.15, -0.1) is 0 Å². The Morgan fingerprint density at radius 1 is 1.45 bits per heavy atom. The van der Waals surface area contributed by atoms with Crippen LogP contribution in [0.5, 0.6) is 0 Å². The van der Waals surface area contributed by atoms with E-state index < -0.39 is 0 Å². The van der Waals surface area contributed by atoms with Crippen molar-refractivity contribution in [2.45, 2.75) is 40.0 Å². The summed E-state index contributed by atoms with van der Waals surface area (Å²) in [7, 11) is 0. The summed E-state index contributed by atoms with van der Waals surface area (Å²) in [5, 5.41) is 2.94.